The molecule has 1 aliphatic heterocycles. The topological polar surface area (TPSA) is 224 Å². The van der Waals surface area contributed by atoms with E-state index in [4.69, 9.17) is 15.6 Å². The van der Waals surface area contributed by atoms with E-state index >= 15 is 0 Å². The number of nitrogen functional groups attached to an aromatic ring is 1. The zero-order chi connectivity index (χ0) is 20.4. The molecule has 0 radical (unpaired) electrons. The van der Waals surface area contributed by atoms with Crippen LogP contribution in [0.25, 0.3) is 0 Å². The van der Waals surface area contributed by atoms with Gasteiger partial charge in [0.2, 0.25) is 0 Å². The van der Waals surface area contributed by atoms with Crippen LogP contribution in [-0.2, 0) is 22.7 Å². The Morgan fingerprint density at radius 2 is 1.96 bits per heavy atom. The van der Waals surface area contributed by atoms with Gasteiger partial charge in [0, 0.05) is 6.20 Å². The Balaban J connectivity index is 2.04. The summed E-state index contributed by atoms with van der Waals surface area (Å²) in [4.78, 5) is 34.0. The first-order valence-electron chi connectivity index (χ1n) is 7.43. The van der Waals surface area contributed by atoms with E-state index in [0.29, 0.717) is 0 Å². The van der Waals surface area contributed by atoms with E-state index in [1.807, 2.05) is 0 Å². The van der Waals surface area contributed by atoms with Crippen molar-refractivity contribution in [2.45, 2.75) is 24.5 Å². The van der Waals surface area contributed by atoms with Crippen molar-refractivity contribution < 1.29 is 47.8 Å². The summed E-state index contributed by atoms with van der Waals surface area (Å²) in [6, 6.07) is 1.25. The molecule has 6 atom stereocenters. The van der Waals surface area contributed by atoms with Crippen molar-refractivity contribution >= 4 is 21.2 Å². The van der Waals surface area contributed by atoms with Crippen molar-refractivity contribution in [2.75, 3.05) is 25.1 Å². The molecule has 1 aliphatic rings. The molecule has 27 heavy (non-hydrogen) atoms. The van der Waals surface area contributed by atoms with E-state index in [0.717, 1.165) is 4.57 Å². The Bertz CT molecular complexity index is 817. The van der Waals surface area contributed by atoms with Crippen LogP contribution in [0.3, 0.4) is 0 Å². The fraction of sp³-hybridized carbons (Fsp3) is 0.636. The van der Waals surface area contributed by atoms with Crippen LogP contribution in [-0.4, -0.2) is 72.3 Å². The second kappa shape index (κ2) is 8.45. The average molecular weight is 431 g/mol. The number of nitrogens with zero attached hydrogens (tertiary/aromatic N) is 2. The number of nitrogens with two attached hydrogens (primary N) is 1. The third-order valence-electron chi connectivity index (χ3n) is 3.48. The van der Waals surface area contributed by atoms with E-state index < -0.39 is 65.0 Å². The van der Waals surface area contributed by atoms with Crippen LogP contribution < -0.4 is 11.4 Å². The maximum absolute atomic E-state index is 11.8. The van der Waals surface area contributed by atoms with Gasteiger partial charge in [-0.05, 0) is 6.07 Å². The molecule has 1 aromatic heterocycles. The van der Waals surface area contributed by atoms with Gasteiger partial charge in [0.1, 0.15) is 24.1 Å². The molecule has 0 amide bonds. The van der Waals surface area contributed by atoms with E-state index in [1.165, 1.54) is 12.3 Å². The second-order valence-corrected chi connectivity index (χ2v) is 9.09. The highest BCUT2D eigenvalue weighted by atomic mass is 31.3. The number of hydrogen-bond donors (Lipinski definition) is 6. The summed E-state index contributed by atoms with van der Waals surface area (Å²) in [6.07, 6.45) is -5.62. The lowest BCUT2D eigenvalue weighted by Gasteiger charge is -2.19. The van der Waals surface area contributed by atoms with Crippen LogP contribution in [0.15, 0.2) is 17.1 Å². The predicted octanol–water partition coefficient (Wildman–Crippen LogP) is -2.24. The number of aliphatic hydroxyl groups is 3. The molecule has 0 saturated carbocycles. The van der Waals surface area contributed by atoms with Crippen LogP contribution in [0, 0.1) is 0 Å². The SMILES string of the molecule is Nc1ccn([C@@H]2O[C@H](COP(=O)(O)OP(=O)(O)CCO)[C@@H](O)[C@H]2O)c(=O)n1. The molecule has 0 spiro atoms. The maximum atomic E-state index is 11.8. The largest absolute Gasteiger partial charge is 0.479 e. The molecule has 2 rings (SSSR count). The minimum atomic E-state index is -5.04. The number of anilines is 1. The number of ether oxygens (including phenoxy) is 1. The molecule has 1 saturated heterocycles. The van der Waals surface area contributed by atoms with Crippen LogP contribution in [0.4, 0.5) is 5.82 Å². The monoisotopic (exact) mass is 431 g/mol. The molecule has 0 aliphatic carbocycles. The molecule has 2 unspecified atom stereocenters. The van der Waals surface area contributed by atoms with Crippen LogP contribution in [0.5, 0.6) is 0 Å². The first-order chi connectivity index (χ1) is 12.5. The molecule has 0 aromatic carbocycles. The van der Waals surface area contributed by atoms with E-state index in [-0.39, 0.29) is 5.82 Å². The Morgan fingerprint density at radius 1 is 1.30 bits per heavy atom. The van der Waals surface area contributed by atoms with Crippen LogP contribution >= 0.6 is 15.4 Å². The molecule has 14 nitrogen and oxygen atoms in total. The molecule has 1 fully saturated rings. The fourth-order valence-electron chi connectivity index (χ4n) is 2.24. The molecular formula is C11H19N3O11P2. The highest BCUT2D eigenvalue weighted by Crippen LogP contribution is 2.59. The van der Waals surface area contributed by atoms with Gasteiger partial charge in [-0.15, -0.1) is 0 Å². The van der Waals surface area contributed by atoms with Gasteiger partial charge in [0.15, 0.2) is 6.23 Å². The Morgan fingerprint density at radius 3 is 2.56 bits per heavy atom. The summed E-state index contributed by atoms with van der Waals surface area (Å²) < 4.78 is 37.8. The van der Waals surface area contributed by atoms with Gasteiger partial charge in [0.05, 0.1) is 19.4 Å². The molecule has 0 bridgehead atoms. The van der Waals surface area contributed by atoms with E-state index in [1.54, 1.807) is 0 Å². The fourth-order valence-corrected chi connectivity index (χ4v) is 4.63. The van der Waals surface area contributed by atoms with Crippen molar-refractivity contribution in [1.82, 2.24) is 9.55 Å². The summed E-state index contributed by atoms with van der Waals surface area (Å²) in [5.74, 6) is -0.0705. The van der Waals surface area contributed by atoms with Crippen LogP contribution in [0.2, 0.25) is 0 Å². The molecule has 1 aromatic rings. The smallest absolute Gasteiger partial charge is 0.396 e. The van der Waals surface area contributed by atoms with Gasteiger partial charge < -0.3 is 35.6 Å². The maximum Gasteiger partial charge on any atom is 0.479 e. The predicted molar refractivity (Wildman–Crippen MR) is 87.5 cm³/mol. The first kappa shape index (κ1) is 22.1. The molecule has 2 heterocycles. The Labute approximate surface area is 151 Å². The highest BCUT2D eigenvalue weighted by molar-refractivity contribution is 7.64. The Hall–Kier alpha value is -1.18. The lowest BCUT2D eigenvalue weighted by Crippen LogP contribution is -2.36. The van der Waals surface area contributed by atoms with Crippen molar-refractivity contribution in [2.24, 2.45) is 0 Å². The molecular weight excluding hydrogens is 412 g/mol. The minimum Gasteiger partial charge on any atom is -0.396 e. The number of phosphoric acid groups is 1. The van der Waals surface area contributed by atoms with Gasteiger partial charge in [0.25, 0.3) is 0 Å². The molecule has 7 N–H and O–H groups in total. The van der Waals surface area contributed by atoms with Crippen molar-refractivity contribution in [3.05, 3.63) is 22.7 Å². The second-order valence-electron chi connectivity index (χ2n) is 5.52. The number of hydrogen-bond acceptors (Lipinski definition) is 11. The van der Waals surface area contributed by atoms with E-state index in [9.17, 15) is 33.9 Å². The van der Waals surface area contributed by atoms with Gasteiger partial charge in [-0.2, -0.15) is 4.98 Å². The molecule has 16 heteroatoms. The van der Waals surface area contributed by atoms with Crippen molar-refractivity contribution in [1.29, 1.82) is 0 Å². The normalized spacial score (nSPS) is 30.0. The van der Waals surface area contributed by atoms with Crippen molar-refractivity contribution in [3.8, 4) is 0 Å². The average Bonchev–Trinajstić information content (AvgIpc) is 2.80. The zero-order valence-corrected chi connectivity index (χ0v) is 15.4. The summed E-state index contributed by atoms with van der Waals surface area (Å²) in [5.41, 5.74) is 4.49. The van der Waals surface area contributed by atoms with Gasteiger partial charge >= 0.3 is 21.1 Å². The third-order valence-corrected chi connectivity index (χ3v) is 6.56. The quantitative estimate of drug-likeness (QED) is 0.240. The molecule has 154 valence electrons. The summed E-state index contributed by atoms with van der Waals surface area (Å²) in [7, 11) is -9.62. The highest BCUT2D eigenvalue weighted by Gasteiger charge is 2.45. The van der Waals surface area contributed by atoms with Crippen molar-refractivity contribution in [3.63, 3.8) is 0 Å². The lowest BCUT2D eigenvalue weighted by molar-refractivity contribution is -0.0540. The van der Waals surface area contributed by atoms with Gasteiger partial charge in [-0.3, -0.25) is 13.7 Å². The summed E-state index contributed by atoms with van der Waals surface area (Å²) in [5, 5.41) is 28.6. The van der Waals surface area contributed by atoms with Gasteiger partial charge in [-0.1, -0.05) is 0 Å². The number of aliphatic hydroxyl groups excluding tert-OH is 3. The minimum absolute atomic E-state index is 0.0705. The van der Waals surface area contributed by atoms with Crippen LogP contribution in [0.1, 0.15) is 6.23 Å². The lowest BCUT2D eigenvalue weighted by atomic mass is 10.1. The summed E-state index contributed by atoms with van der Waals surface area (Å²) >= 11 is 0. The van der Waals surface area contributed by atoms with Gasteiger partial charge in [-0.25, -0.2) is 13.7 Å². The first-order valence-corrected chi connectivity index (χ1v) is 10.7. The summed E-state index contributed by atoms with van der Waals surface area (Å²) in [6.45, 7) is -1.59. The number of phosphoric ester groups is 1. The third kappa shape index (κ3) is 5.65. The zero-order valence-electron chi connectivity index (χ0n) is 13.6. The standard InChI is InChI=1S/C11H19N3O11P2/c12-7-1-2-14(11(18)13-7)10-9(17)8(16)6(24-10)5-23-27(21,22)25-26(19,20)4-3-15/h1-2,6,8-10,15-17H,3-5H2,(H,19,20)(H,21,22)(H2,12,13,18)/t6-,8-,9-,10-/m1/s1. The van der Waals surface area contributed by atoms with E-state index in [2.05, 4.69) is 13.8 Å². The number of aromatic nitrogens is 2. The Kier molecular flexibility index (Phi) is 6.92. The number of rotatable bonds is 8.